The van der Waals surface area contributed by atoms with E-state index in [9.17, 15) is 4.79 Å². The van der Waals surface area contributed by atoms with Gasteiger partial charge in [0, 0.05) is 37.1 Å². The molecular formula is C23H22ClN5O2. The molecule has 1 fully saturated rings. The van der Waals surface area contributed by atoms with Crippen molar-refractivity contribution in [1.29, 1.82) is 5.26 Å². The number of guanidine groups is 1. The van der Waals surface area contributed by atoms with Crippen molar-refractivity contribution in [1.82, 2.24) is 4.90 Å². The standard InChI is InChI=1S/C23H22ClN5O2/c24-19-10-15(5-4-14(19)13-25)27-20-3-1-2-18-17(20)11-23(18)12-21(30)29(22(26)28-23)16-6-8-31-9-7-16/h1-5,10,16,27H,6-9,11-12H2,(H2,26,28)/t23-/m0/s1. The number of aliphatic imine (C=N–C) groups is 1. The Balaban J connectivity index is 1.42. The van der Waals surface area contributed by atoms with Crippen molar-refractivity contribution in [2.45, 2.75) is 37.3 Å². The van der Waals surface area contributed by atoms with Crippen LogP contribution >= 0.6 is 11.6 Å². The predicted molar refractivity (Wildman–Crippen MR) is 118 cm³/mol. The molecule has 0 radical (unpaired) electrons. The molecule has 1 amide bonds. The van der Waals surface area contributed by atoms with Crippen molar-refractivity contribution in [3.8, 4) is 6.07 Å². The first-order valence-corrected chi connectivity index (χ1v) is 10.7. The first-order chi connectivity index (χ1) is 15.0. The monoisotopic (exact) mass is 435 g/mol. The maximum absolute atomic E-state index is 13.1. The van der Waals surface area contributed by atoms with Crippen molar-refractivity contribution in [2.24, 2.45) is 10.7 Å². The quantitative estimate of drug-likeness (QED) is 0.768. The van der Waals surface area contributed by atoms with Gasteiger partial charge in [-0.1, -0.05) is 23.7 Å². The molecule has 1 aliphatic carbocycles. The lowest BCUT2D eigenvalue weighted by molar-refractivity contribution is -0.133. The van der Waals surface area contributed by atoms with Gasteiger partial charge in [-0.3, -0.25) is 9.69 Å². The smallest absolute Gasteiger partial charge is 0.232 e. The fourth-order valence-electron chi connectivity index (χ4n) is 4.82. The fourth-order valence-corrected chi connectivity index (χ4v) is 5.04. The molecule has 0 unspecified atom stereocenters. The number of halogens is 1. The molecule has 31 heavy (non-hydrogen) atoms. The van der Waals surface area contributed by atoms with Gasteiger partial charge in [0.25, 0.3) is 0 Å². The van der Waals surface area contributed by atoms with Crippen LogP contribution < -0.4 is 11.1 Å². The van der Waals surface area contributed by atoms with Gasteiger partial charge in [-0.2, -0.15) is 5.26 Å². The van der Waals surface area contributed by atoms with Crippen molar-refractivity contribution < 1.29 is 9.53 Å². The number of carbonyl (C=O) groups is 1. The number of nitrogens with two attached hydrogens (primary N) is 1. The molecule has 5 rings (SSSR count). The summed E-state index contributed by atoms with van der Waals surface area (Å²) in [4.78, 5) is 19.6. The average molecular weight is 436 g/mol. The summed E-state index contributed by atoms with van der Waals surface area (Å²) in [5.41, 5.74) is 10.0. The van der Waals surface area contributed by atoms with Crippen molar-refractivity contribution in [3.05, 3.63) is 58.1 Å². The number of benzene rings is 2. The molecule has 2 aromatic rings. The van der Waals surface area contributed by atoms with E-state index in [4.69, 9.17) is 32.3 Å². The number of nitriles is 1. The molecule has 3 N–H and O–H groups in total. The molecule has 1 atom stereocenters. The number of carbonyl (C=O) groups excluding carboxylic acids is 1. The van der Waals surface area contributed by atoms with Crippen LogP contribution in [0.5, 0.6) is 0 Å². The Bertz CT molecular complexity index is 1140. The predicted octanol–water partition coefficient (Wildman–Crippen LogP) is 3.43. The maximum atomic E-state index is 13.1. The van der Waals surface area contributed by atoms with E-state index >= 15 is 0 Å². The molecule has 2 heterocycles. The molecule has 2 aliphatic heterocycles. The summed E-state index contributed by atoms with van der Waals surface area (Å²) in [6, 6.07) is 13.3. The molecule has 8 heteroatoms. The van der Waals surface area contributed by atoms with Crippen LogP contribution in [0.1, 0.15) is 36.0 Å². The second-order valence-electron chi connectivity index (χ2n) is 8.23. The van der Waals surface area contributed by atoms with Gasteiger partial charge in [0.15, 0.2) is 5.96 Å². The number of hydrogen-bond donors (Lipinski definition) is 2. The Morgan fingerprint density at radius 2 is 2.06 bits per heavy atom. The largest absolute Gasteiger partial charge is 0.381 e. The molecule has 0 aromatic heterocycles. The van der Waals surface area contributed by atoms with Gasteiger partial charge < -0.3 is 15.8 Å². The van der Waals surface area contributed by atoms with E-state index in [-0.39, 0.29) is 11.9 Å². The second kappa shape index (κ2) is 7.56. The minimum Gasteiger partial charge on any atom is -0.381 e. The maximum Gasteiger partial charge on any atom is 0.232 e. The normalized spacial score (nSPS) is 23.0. The molecule has 1 saturated heterocycles. The zero-order valence-electron chi connectivity index (χ0n) is 16.9. The molecular weight excluding hydrogens is 414 g/mol. The van der Waals surface area contributed by atoms with Gasteiger partial charge in [0.2, 0.25) is 5.91 Å². The number of anilines is 2. The van der Waals surface area contributed by atoms with Crippen LogP contribution in [0.2, 0.25) is 5.02 Å². The molecule has 3 aliphatic rings. The Morgan fingerprint density at radius 1 is 1.26 bits per heavy atom. The van der Waals surface area contributed by atoms with Crippen molar-refractivity contribution in [3.63, 3.8) is 0 Å². The lowest BCUT2D eigenvalue weighted by Crippen LogP contribution is -2.58. The summed E-state index contributed by atoms with van der Waals surface area (Å²) < 4.78 is 5.41. The summed E-state index contributed by atoms with van der Waals surface area (Å²) in [6.45, 7) is 1.29. The third-order valence-electron chi connectivity index (χ3n) is 6.36. The second-order valence-corrected chi connectivity index (χ2v) is 8.63. The molecule has 158 valence electrons. The van der Waals surface area contributed by atoms with E-state index in [0.29, 0.717) is 42.6 Å². The Labute approximate surface area is 185 Å². The summed E-state index contributed by atoms with van der Waals surface area (Å²) >= 11 is 6.16. The van der Waals surface area contributed by atoms with Crippen LogP contribution in [0.15, 0.2) is 41.4 Å². The van der Waals surface area contributed by atoms with Gasteiger partial charge in [0.05, 0.1) is 17.0 Å². The minimum absolute atomic E-state index is 0.0299. The summed E-state index contributed by atoms with van der Waals surface area (Å²) in [7, 11) is 0. The highest BCUT2D eigenvalue weighted by molar-refractivity contribution is 6.32. The van der Waals surface area contributed by atoms with E-state index in [1.807, 2.05) is 24.3 Å². The van der Waals surface area contributed by atoms with E-state index < -0.39 is 5.54 Å². The lowest BCUT2D eigenvalue weighted by atomic mass is 9.67. The topological polar surface area (TPSA) is 104 Å². The molecule has 7 nitrogen and oxygen atoms in total. The van der Waals surface area contributed by atoms with E-state index in [0.717, 1.165) is 35.3 Å². The number of ether oxygens (including phenoxy) is 1. The highest BCUT2D eigenvalue weighted by Gasteiger charge is 2.50. The lowest BCUT2D eigenvalue weighted by Gasteiger charge is -2.47. The van der Waals surface area contributed by atoms with Gasteiger partial charge in [-0.15, -0.1) is 0 Å². The highest BCUT2D eigenvalue weighted by Crippen LogP contribution is 2.50. The van der Waals surface area contributed by atoms with E-state index in [1.54, 1.807) is 17.0 Å². The number of nitrogens with one attached hydrogen (secondary N) is 1. The van der Waals surface area contributed by atoms with Gasteiger partial charge in [-0.05, 0) is 48.2 Å². The first-order valence-electron chi connectivity index (χ1n) is 10.3. The van der Waals surface area contributed by atoms with Gasteiger partial charge in [0.1, 0.15) is 11.6 Å². The van der Waals surface area contributed by atoms with Crippen LogP contribution in [-0.2, 0) is 21.5 Å². The summed E-state index contributed by atoms with van der Waals surface area (Å²) in [5, 5.41) is 12.8. The minimum atomic E-state index is -0.585. The third-order valence-corrected chi connectivity index (χ3v) is 6.67. The molecule has 0 bridgehead atoms. The summed E-state index contributed by atoms with van der Waals surface area (Å²) in [5.74, 6) is 0.341. The number of amides is 1. The SMILES string of the molecule is N#Cc1ccc(Nc2cccc3c2C[C@]32CC(=O)N(C3CCOCC3)C(N)=N2)cc1Cl. The summed E-state index contributed by atoms with van der Waals surface area (Å²) in [6.07, 6.45) is 2.54. The highest BCUT2D eigenvalue weighted by atomic mass is 35.5. The first kappa shape index (κ1) is 19.9. The zero-order valence-corrected chi connectivity index (χ0v) is 17.7. The van der Waals surface area contributed by atoms with Crippen molar-refractivity contribution in [2.75, 3.05) is 18.5 Å². The number of rotatable bonds is 3. The van der Waals surface area contributed by atoms with Crippen LogP contribution in [0.4, 0.5) is 11.4 Å². The molecule has 1 spiro atoms. The zero-order chi connectivity index (χ0) is 21.6. The number of fused-ring (bicyclic) bond motifs is 2. The van der Waals surface area contributed by atoms with Crippen LogP contribution in [0, 0.1) is 11.3 Å². The molecule has 2 aromatic carbocycles. The van der Waals surface area contributed by atoms with E-state index in [2.05, 4.69) is 11.4 Å². The Hall–Kier alpha value is -3.08. The van der Waals surface area contributed by atoms with Crippen LogP contribution in [-0.4, -0.2) is 36.0 Å². The van der Waals surface area contributed by atoms with Gasteiger partial charge >= 0.3 is 0 Å². The Morgan fingerprint density at radius 3 is 2.77 bits per heavy atom. The average Bonchev–Trinajstić information content (AvgIpc) is 2.75. The Kier molecular flexibility index (Phi) is 4.84. The number of hydrogen-bond acceptors (Lipinski definition) is 6. The van der Waals surface area contributed by atoms with E-state index in [1.165, 1.54) is 0 Å². The van der Waals surface area contributed by atoms with Crippen molar-refractivity contribution >= 4 is 34.8 Å². The fraction of sp³-hybridized carbons (Fsp3) is 0.348. The third kappa shape index (κ3) is 3.32. The van der Waals surface area contributed by atoms with Crippen LogP contribution in [0.25, 0.3) is 0 Å². The number of nitrogens with zero attached hydrogens (tertiary/aromatic N) is 3. The van der Waals surface area contributed by atoms with Crippen LogP contribution in [0.3, 0.4) is 0 Å². The van der Waals surface area contributed by atoms with Gasteiger partial charge in [-0.25, -0.2) is 4.99 Å². The molecule has 0 saturated carbocycles.